The Bertz CT molecular complexity index is 988. The predicted molar refractivity (Wildman–Crippen MR) is 111 cm³/mol. The van der Waals surface area contributed by atoms with Crippen molar-refractivity contribution < 1.29 is 9.53 Å². The maximum Gasteiger partial charge on any atom is 0.328 e. The normalized spacial score (nSPS) is 11.6. The molecule has 28 heavy (non-hydrogen) atoms. The third-order valence-corrected chi connectivity index (χ3v) is 4.55. The van der Waals surface area contributed by atoms with Gasteiger partial charge in [0.2, 0.25) is 0 Å². The highest BCUT2D eigenvalue weighted by atomic mass is 35.5. The van der Waals surface area contributed by atoms with Gasteiger partial charge in [-0.1, -0.05) is 72.3 Å². The number of aromatic nitrogens is 1. The second-order valence-electron chi connectivity index (χ2n) is 6.40. The molecule has 0 aliphatic rings. The van der Waals surface area contributed by atoms with Crippen LogP contribution < -0.4 is 10.9 Å². The van der Waals surface area contributed by atoms with Crippen molar-refractivity contribution in [2.75, 3.05) is 12.4 Å². The SMILES string of the molecule is COC(=O)[C@H](Cc1ccccc1)Nc1cc(Cl)cn(Cc2ccccc2)c1=O. The Labute approximate surface area is 168 Å². The smallest absolute Gasteiger partial charge is 0.328 e. The molecule has 1 atom stereocenters. The molecule has 0 amide bonds. The molecule has 2 aromatic carbocycles. The van der Waals surface area contributed by atoms with E-state index in [0.717, 1.165) is 11.1 Å². The second kappa shape index (κ2) is 9.24. The van der Waals surface area contributed by atoms with Gasteiger partial charge in [-0.2, -0.15) is 0 Å². The summed E-state index contributed by atoms with van der Waals surface area (Å²) in [5, 5.41) is 3.43. The third-order valence-electron chi connectivity index (χ3n) is 4.35. The van der Waals surface area contributed by atoms with Gasteiger partial charge in [-0.15, -0.1) is 0 Å². The summed E-state index contributed by atoms with van der Waals surface area (Å²) in [4.78, 5) is 25.2. The summed E-state index contributed by atoms with van der Waals surface area (Å²) in [7, 11) is 1.33. The molecule has 144 valence electrons. The predicted octanol–water partition coefficient (Wildman–Crippen LogP) is 3.75. The van der Waals surface area contributed by atoms with Crippen molar-refractivity contribution >= 4 is 23.3 Å². The molecule has 0 radical (unpaired) electrons. The Kier molecular flexibility index (Phi) is 6.50. The first-order valence-electron chi connectivity index (χ1n) is 8.89. The number of esters is 1. The molecule has 6 heteroatoms. The standard InChI is InChI=1S/C22H21ClN2O3/c1-28-22(27)20(12-16-8-4-2-5-9-16)24-19-13-18(23)15-25(21(19)26)14-17-10-6-3-7-11-17/h2-11,13,15,20,24H,12,14H2,1H3/t20-/m0/s1. The van der Waals surface area contributed by atoms with Crippen LogP contribution in [0.25, 0.3) is 0 Å². The molecule has 5 nitrogen and oxygen atoms in total. The Balaban J connectivity index is 1.88. The first-order chi connectivity index (χ1) is 13.6. The zero-order valence-electron chi connectivity index (χ0n) is 15.5. The Morgan fingerprint density at radius 1 is 1.07 bits per heavy atom. The minimum atomic E-state index is -0.705. The van der Waals surface area contributed by atoms with Crippen LogP contribution in [0.5, 0.6) is 0 Å². The number of nitrogens with one attached hydrogen (secondary N) is 1. The van der Waals surface area contributed by atoms with Crippen molar-refractivity contribution in [3.63, 3.8) is 0 Å². The van der Waals surface area contributed by atoms with Crippen LogP contribution in [0.15, 0.2) is 77.7 Å². The number of nitrogens with zero attached hydrogens (tertiary/aromatic N) is 1. The highest BCUT2D eigenvalue weighted by Gasteiger charge is 2.21. The fraction of sp³-hybridized carbons (Fsp3) is 0.182. The minimum absolute atomic E-state index is 0.254. The van der Waals surface area contributed by atoms with Crippen molar-refractivity contribution in [2.24, 2.45) is 0 Å². The monoisotopic (exact) mass is 396 g/mol. The number of rotatable bonds is 7. The molecule has 0 aliphatic heterocycles. The van der Waals surface area contributed by atoms with Crippen molar-refractivity contribution in [2.45, 2.75) is 19.0 Å². The lowest BCUT2D eigenvalue weighted by Crippen LogP contribution is -2.36. The number of methoxy groups -OCH3 is 1. The fourth-order valence-corrected chi connectivity index (χ4v) is 3.20. The van der Waals surface area contributed by atoms with E-state index in [1.807, 2.05) is 60.7 Å². The average Bonchev–Trinajstić information content (AvgIpc) is 2.71. The summed E-state index contributed by atoms with van der Waals surface area (Å²) >= 11 is 6.23. The number of carbonyl (C=O) groups is 1. The topological polar surface area (TPSA) is 60.3 Å². The number of halogens is 1. The lowest BCUT2D eigenvalue weighted by Gasteiger charge is -2.18. The van der Waals surface area contributed by atoms with E-state index in [2.05, 4.69) is 5.32 Å². The molecule has 0 spiro atoms. The number of benzene rings is 2. The molecule has 1 aromatic heterocycles. The fourth-order valence-electron chi connectivity index (χ4n) is 2.97. The molecule has 1 heterocycles. The summed E-state index contributed by atoms with van der Waals surface area (Å²) < 4.78 is 6.43. The third kappa shape index (κ3) is 5.02. The first kappa shape index (κ1) is 19.7. The van der Waals surface area contributed by atoms with Crippen LogP contribution in [0.2, 0.25) is 5.02 Å². The van der Waals surface area contributed by atoms with Crippen LogP contribution in [0.1, 0.15) is 11.1 Å². The molecular weight excluding hydrogens is 376 g/mol. The molecule has 0 saturated carbocycles. The number of anilines is 1. The van der Waals surface area contributed by atoms with Crippen LogP contribution in [-0.4, -0.2) is 23.7 Å². The largest absolute Gasteiger partial charge is 0.467 e. The van der Waals surface area contributed by atoms with Crippen LogP contribution >= 0.6 is 11.6 Å². The van der Waals surface area contributed by atoms with Gasteiger partial charge in [0.25, 0.3) is 5.56 Å². The van der Waals surface area contributed by atoms with Crippen molar-refractivity contribution in [1.29, 1.82) is 0 Å². The number of carbonyl (C=O) groups excluding carboxylic acids is 1. The van der Waals surface area contributed by atoms with Gasteiger partial charge in [0.1, 0.15) is 11.7 Å². The molecule has 3 aromatic rings. The van der Waals surface area contributed by atoms with E-state index in [4.69, 9.17) is 16.3 Å². The van der Waals surface area contributed by atoms with Gasteiger partial charge in [0.05, 0.1) is 18.7 Å². The number of pyridine rings is 1. The van der Waals surface area contributed by atoms with Crippen molar-refractivity contribution in [1.82, 2.24) is 4.57 Å². The minimum Gasteiger partial charge on any atom is -0.467 e. The summed E-state index contributed by atoms with van der Waals surface area (Å²) in [5.74, 6) is -0.446. The quantitative estimate of drug-likeness (QED) is 0.618. The summed E-state index contributed by atoms with van der Waals surface area (Å²) in [5.41, 5.74) is 1.94. The number of hydrogen-bond donors (Lipinski definition) is 1. The Morgan fingerprint density at radius 3 is 2.29 bits per heavy atom. The van der Waals surface area contributed by atoms with Gasteiger partial charge in [0.15, 0.2) is 0 Å². The van der Waals surface area contributed by atoms with Gasteiger partial charge in [-0.3, -0.25) is 4.79 Å². The molecule has 0 fully saturated rings. The van der Waals surface area contributed by atoms with E-state index in [9.17, 15) is 9.59 Å². The summed E-state index contributed by atoms with van der Waals surface area (Å²) in [6, 6.07) is 20.0. The molecule has 0 aliphatic carbocycles. The highest BCUT2D eigenvalue weighted by molar-refractivity contribution is 6.30. The maximum absolute atomic E-state index is 12.9. The molecule has 3 rings (SSSR count). The summed E-state index contributed by atoms with van der Waals surface area (Å²) in [6.07, 6.45) is 1.98. The lowest BCUT2D eigenvalue weighted by atomic mass is 10.1. The zero-order valence-corrected chi connectivity index (χ0v) is 16.2. The van der Waals surface area contributed by atoms with Gasteiger partial charge in [-0.25, -0.2) is 4.79 Å². The molecule has 1 N–H and O–H groups in total. The molecular formula is C22H21ClN2O3. The van der Waals surface area contributed by atoms with E-state index in [1.165, 1.54) is 17.7 Å². The molecule has 0 unspecified atom stereocenters. The van der Waals surface area contributed by atoms with Crippen molar-refractivity contribution in [3.8, 4) is 0 Å². The van der Waals surface area contributed by atoms with Gasteiger partial charge in [-0.05, 0) is 17.2 Å². The van der Waals surface area contributed by atoms with Crippen LogP contribution in [0, 0.1) is 0 Å². The van der Waals surface area contributed by atoms with E-state index >= 15 is 0 Å². The van der Waals surface area contributed by atoms with Gasteiger partial charge in [0, 0.05) is 12.6 Å². The van der Waals surface area contributed by atoms with E-state index in [0.29, 0.717) is 18.0 Å². The van der Waals surface area contributed by atoms with E-state index in [-0.39, 0.29) is 11.2 Å². The Hall–Kier alpha value is -3.05. The van der Waals surface area contributed by atoms with Gasteiger partial charge < -0.3 is 14.6 Å². The van der Waals surface area contributed by atoms with Crippen molar-refractivity contribution in [3.05, 3.63) is 99.4 Å². The number of hydrogen-bond acceptors (Lipinski definition) is 4. The van der Waals surface area contributed by atoms with Crippen LogP contribution in [-0.2, 0) is 22.5 Å². The molecule has 0 bridgehead atoms. The number of ether oxygens (including phenoxy) is 1. The second-order valence-corrected chi connectivity index (χ2v) is 6.84. The lowest BCUT2D eigenvalue weighted by molar-refractivity contribution is -0.141. The zero-order chi connectivity index (χ0) is 19.9. The van der Waals surface area contributed by atoms with Crippen LogP contribution in [0.4, 0.5) is 5.69 Å². The first-order valence-corrected chi connectivity index (χ1v) is 9.27. The van der Waals surface area contributed by atoms with Crippen LogP contribution in [0.3, 0.4) is 0 Å². The van der Waals surface area contributed by atoms with E-state index < -0.39 is 12.0 Å². The maximum atomic E-state index is 12.9. The molecule has 0 saturated heterocycles. The van der Waals surface area contributed by atoms with Gasteiger partial charge >= 0.3 is 5.97 Å². The Morgan fingerprint density at radius 2 is 1.68 bits per heavy atom. The average molecular weight is 397 g/mol. The highest BCUT2D eigenvalue weighted by Crippen LogP contribution is 2.15. The van der Waals surface area contributed by atoms with E-state index in [1.54, 1.807) is 6.20 Å². The summed E-state index contributed by atoms with van der Waals surface area (Å²) in [6.45, 7) is 0.385.